The van der Waals surface area contributed by atoms with Crippen molar-refractivity contribution in [3.63, 3.8) is 0 Å². The number of Topliss-reactive ketones (excluding diaryl/α,β-unsaturated/α-hetero) is 1. The van der Waals surface area contributed by atoms with Gasteiger partial charge in [0.1, 0.15) is 5.75 Å². The molecule has 0 N–H and O–H groups in total. The minimum Gasteiger partial charge on any atom is -0.485 e. The van der Waals surface area contributed by atoms with Crippen LogP contribution < -0.4 is 9.64 Å². The van der Waals surface area contributed by atoms with E-state index in [9.17, 15) is 14.4 Å². The lowest BCUT2D eigenvalue weighted by molar-refractivity contribution is -0.122. The van der Waals surface area contributed by atoms with E-state index in [0.29, 0.717) is 28.4 Å². The van der Waals surface area contributed by atoms with E-state index in [1.807, 2.05) is 19.1 Å². The molecular formula is C23H20ClNO4. The molecule has 2 aromatic carbocycles. The summed E-state index contributed by atoms with van der Waals surface area (Å²) in [7, 11) is 0. The van der Waals surface area contributed by atoms with Gasteiger partial charge in [0, 0.05) is 16.7 Å². The van der Waals surface area contributed by atoms with E-state index in [2.05, 4.69) is 0 Å². The Balaban J connectivity index is 1.49. The fraction of sp³-hybridized carbons (Fsp3) is 0.261. The SMILES string of the molecule is C[C@@H]1C=CC[C@H]2C(=O)N(c3cccc(OCC(=O)c4ccc(Cl)cc4)c3)C(=O)[C@@H]12. The third-order valence-electron chi connectivity index (χ3n) is 5.48. The Morgan fingerprint density at radius 2 is 1.90 bits per heavy atom. The molecule has 0 unspecified atom stereocenters. The van der Waals surface area contributed by atoms with Gasteiger partial charge in [0.05, 0.1) is 17.5 Å². The normalized spacial score (nSPS) is 23.2. The van der Waals surface area contributed by atoms with Crippen molar-refractivity contribution in [3.05, 3.63) is 71.3 Å². The Hall–Kier alpha value is -2.92. The van der Waals surface area contributed by atoms with Crippen molar-refractivity contribution in [2.24, 2.45) is 17.8 Å². The van der Waals surface area contributed by atoms with Crippen molar-refractivity contribution in [1.82, 2.24) is 0 Å². The summed E-state index contributed by atoms with van der Waals surface area (Å²) >= 11 is 5.84. The molecule has 1 heterocycles. The number of rotatable bonds is 5. The van der Waals surface area contributed by atoms with Gasteiger partial charge in [0.15, 0.2) is 12.4 Å². The molecule has 5 nitrogen and oxygen atoms in total. The number of allylic oxidation sites excluding steroid dienone is 2. The first-order chi connectivity index (χ1) is 14.0. The number of imide groups is 1. The smallest absolute Gasteiger partial charge is 0.238 e. The average molecular weight is 410 g/mol. The van der Waals surface area contributed by atoms with Crippen LogP contribution in [-0.2, 0) is 9.59 Å². The Morgan fingerprint density at radius 1 is 1.14 bits per heavy atom. The number of ether oxygens (including phenoxy) is 1. The number of carbonyl (C=O) groups is 3. The van der Waals surface area contributed by atoms with Gasteiger partial charge in [-0.2, -0.15) is 0 Å². The molecule has 0 bridgehead atoms. The monoisotopic (exact) mass is 409 g/mol. The van der Waals surface area contributed by atoms with Crippen LogP contribution in [0, 0.1) is 17.8 Å². The summed E-state index contributed by atoms with van der Waals surface area (Å²) in [4.78, 5) is 39.3. The summed E-state index contributed by atoms with van der Waals surface area (Å²) in [6.45, 7) is 1.81. The second-order valence-corrected chi connectivity index (χ2v) is 7.82. The molecule has 6 heteroatoms. The third kappa shape index (κ3) is 3.70. The summed E-state index contributed by atoms with van der Waals surface area (Å²) in [5.74, 6) is -0.705. The quantitative estimate of drug-likeness (QED) is 0.419. The van der Waals surface area contributed by atoms with E-state index in [1.54, 1.807) is 48.5 Å². The Labute approximate surface area is 173 Å². The second-order valence-electron chi connectivity index (χ2n) is 7.38. The van der Waals surface area contributed by atoms with Gasteiger partial charge in [-0.3, -0.25) is 14.4 Å². The summed E-state index contributed by atoms with van der Waals surface area (Å²) in [6.07, 6.45) is 4.56. The van der Waals surface area contributed by atoms with E-state index in [-0.39, 0.29) is 42.0 Å². The van der Waals surface area contributed by atoms with Gasteiger partial charge in [-0.15, -0.1) is 0 Å². The van der Waals surface area contributed by atoms with Crippen molar-refractivity contribution in [1.29, 1.82) is 0 Å². The van der Waals surface area contributed by atoms with Crippen LogP contribution >= 0.6 is 11.6 Å². The fourth-order valence-electron chi connectivity index (χ4n) is 3.98. The van der Waals surface area contributed by atoms with Gasteiger partial charge in [-0.05, 0) is 48.7 Å². The molecule has 4 rings (SSSR count). The van der Waals surface area contributed by atoms with Crippen LogP contribution in [0.15, 0.2) is 60.7 Å². The lowest BCUT2D eigenvalue weighted by atomic mass is 9.78. The number of ketones is 1. The van der Waals surface area contributed by atoms with Crippen molar-refractivity contribution in [2.75, 3.05) is 11.5 Å². The molecule has 0 radical (unpaired) electrons. The lowest BCUT2D eigenvalue weighted by Gasteiger charge is -2.22. The fourth-order valence-corrected chi connectivity index (χ4v) is 4.11. The maximum Gasteiger partial charge on any atom is 0.238 e. The number of anilines is 1. The van der Waals surface area contributed by atoms with Gasteiger partial charge in [-0.1, -0.05) is 36.7 Å². The zero-order valence-corrected chi connectivity index (χ0v) is 16.6. The van der Waals surface area contributed by atoms with Crippen LogP contribution in [0.4, 0.5) is 5.69 Å². The highest BCUT2D eigenvalue weighted by Crippen LogP contribution is 2.40. The van der Waals surface area contributed by atoms with E-state index >= 15 is 0 Å². The average Bonchev–Trinajstić information content (AvgIpc) is 2.98. The number of nitrogens with zero attached hydrogens (tertiary/aromatic N) is 1. The van der Waals surface area contributed by atoms with Crippen LogP contribution in [0.2, 0.25) is 5.02 Å². The van der Waals surface area contributed by atoms with E-state index in [4.69, 9.17) is 16.3 Å². The Bertz CT molecular complexity index is 998. The van der Waals surface area contributed by atoms with Crippen molar-refractivity contribution < 1.29 is 19.1 Å². The number of benzene rings is 2. The standard InChI is InChI=1S/C23H20ClNO4/c1-14-4-2-7-19-21(14)23(28)25(22(19)27)17-5-3-6-18(12-17)29-13-20(26)15-8-10-16(24)11-9-15/h2-6,8-12,14,19,21H,7,13H2,1H3/t14-,19-,21+/m1/s1. The molecular weight excluding hydrogens is 390 g/mol. The molecule has 2 aliphatic rings. The highest BCUT2D eigenvalue weighted by atomic mass is 35.5. The number of amides is 2. The van der Waals surface area contributed by atoms with Gasteiger partial charge >= 0.3 is 0 Å². The van der Waals surface area contributed by atoms with Gasteiger partial charge in [0.25, 0.3) is 0 Å². The molecule has 29 heavy (non-hydrogen) atoms. The highest BCUT2D eigenvalue weighted by Gasteiger charge is 2.50. The van der Waals surface area contributed by atoms with Crippen LogP contribution in [0.25, 0.3) is 0 Å². The number of hydrogen-bond acceptors (Lipinski definition) is 4. The highest BCUT2D eigenvalue weighted by molar-refractivity contribution is 6.30. The minimum atomic E-state index is -0.316. The molecule has 1 fully saturated rings. The van der Waals surface area contributed by atoms with Crippen LogP contribution in [0.3, 0.4) is 0 Å². The Morgan fingerprint density at radius 3 is 2.62 bits per heavy atom. The molecule has 0 saturated carbocycles. The van der Waals surface area contributed by atoms with Gasteiger partial charge in [-0.25, -0.2) is 4.90 Å². The van der Waals surface area contributed by atoms with Gasteiger partial charge in [0.2, 0.25) is 11.8 Å². The molecule has 0 aromatic heterocycles. The summed E-state index contributed by atoms with van der Waals surface area (Å²) in [6, 6.07) is 13.3. The van der Waals surface area contributed by atoms with Crippen molar-refractivity contribution in [3.8, 4) is 5.75 Å². The van der Waals surface area contributed by atoms with E-state index in [1.165, 1.54) is 4.90 Å². The largest absolute Gasteiger partial charge is 0.485 e. The van der Waals surface area contributed by atoms with E-state index < -0.39 is 0 Å². The second kappa shape index (κ2) is 7.84. The van der Waals surface area contributed by atoms with Crippen LogP contribution in [-0.4, -0.2) is 24.2 Å². The Kier molecular flexibility index (Phi) is 5.24. The van der Waals surface area contributed by atoms with Crippen molar-refractivity contribution in [2.45, 2.75) is 13.3 Å². The zero-order chi connectivity index (χ0) is 20.5. The molecule has 1 aliphatic heterocycles. The maximum absolute atomic E-state index is 12.9. The first kappa shape index (κ1) is 19.4. The minimum absolute atomic E-state index is 0.0339. The summed E-state index contributed by atoms with van der Waals surface area (Å²) in [5.41, 5.74) is 0.971. The maximum atomic E-state index is 12.9. The topological polar surface area (TPSA) is 63.7 Å². The first-order valence-electron chi connectivity index (χ1n) is 9.52. The van der Waals surface area contributed by atoms with Crippen LogP contribution in [0.1, 0.15) is 23.7 Å². The zero-order valence-electron chi connectivity index (χ0n) is 15.9. The number of hydrogen-bond donors (Lipinski definition) is 0. The molecule has 3 atom stereocenters. The van der Waals surface area contributed by atoms with Gasteiger partial charge < -0.3 is 4.74 Å². The molecule has 0 spiro atoms. The molecule has 1 aliphatic carbocycles. The number of halogens is 1. The molecule has 2 amide bonds. The number of fused-ring (bicyclic) bond motifs is 1. The number of carbonyl (C=O) groups excluding carboxylic acids is 3. The molecule has 2 aromatic rings. The first-order valence-corrected chi connectivity index (χ1v) is 9.89. The summed E-state index contributed by atoms with van der Waals surface area (Å²) < 4.78 is 5.62. The summed E-state index contributed by atoms with van der Waals surface area (Å²) in [5, 5.41) is 0.556. The molecule has 148 valence electrons. The third-order valence-corrected chi connectivity index (χ3v) is 5.74. The lowest BCUT2D eigenvalue weighted by Crippen LogP contribution is -2.31. The molecule has 1 saturated heterocycles. The van der Waals surface area contributed by atoms with Crippen molar-refractivity contribution >= 4 is 34.9 Å². The predicted molar refractivity (Wildman–Crippen MR) is 110 cm³/mol. The predicted octanol–water partition coefficient (Wildman–Crippen LogP) is 4.30. The van der Waals surface area contributed by atoms with E-state index in [0.717, 1.165) is 0 Å². The van der Waals surface area contributed by atoms with Crippen LogP contribution in [0.5, 0.6) is 5.75 Å².